The Morgan fingerprint density at radius 2 is 2.21 bits per heavy atom. The Labute approximate surface area is 117 Å². The van der Waals surface area contributed by atoms with Gasteiger partial charge in [-0.1, -0.05) is 23.4 Å². The van der Waals surface area contributed by atoms with Crippen molar-refractivity contribution in [1.82, 2.24) is 0 Å². The molecule has 0 aromatic heterocycles. The third-order valence-corrected chi connectivity index (χ3v) is 4.93. The second-order valence-electron chi connectivity index (χ2n) is 4.87. The summed E-state index contributed by atoms with van der Waals surface area (Å²) in [5.74, 6) is 1.05. The number of hydrogen-bond acceptors (Lipinski definition) is 4. The van der Waals surface area contributed by atoms with E-state index in [0.29, 0.717) is 11.4 Å². The first-order chi connectivity index (χ1) is 9.07. The van der Waals surface area contributed by atoms with Crippen LogP contribution in [0.3, 0.4) is 0 Å². The van der Waals surface area contributed by atoms with Crippen molar-refractivity contribution < 1.29 is 10.0 Å². The Hall–Kier alpha value is -1.49. The molecule has 0 radical (unpaired) electrons. The van der Waals surface area contributed by atoms with Crippen molar-refractivity contribution in [2.75, 3.05) is 11.1 Å². The molecule has 0 bridgehead atoms. The van der Waals surface area contributed by atoms with Crippen molar-refractivity contribution in [2.24, 2.45) is 5.16 Å². The van der Waals surface area contributed by atoms with Crippen LogP contribution in [-0.2, 0) is 4.79 Å². The molecule has 1 unspecified atom stereocenters. The molecule has 0 spiro atoms. The molecule has 2 N–H and O–H groups in total. The average Bonchev–Trinajstić information content (AvgIpc) is 2.87. The predicted molar refractivity (Wildman–Crippen MR) is 79.2 cm³/mol. The number of carbonyl (C=O) groups is 1. The van der Waals surface area contributed by atoms with E-state index in [9.17, 15) is 4.79 Å². The number of nitrogens with zero attached hydrogens (tertiary/aromatic N) is 1. The first-order valence-electron chi connectivity index (χ1n) is 6.30. The van der Waals surface area contributed by atoms with Crippen LogP contribution in [0.25, 0.3) is 0 Å². The summed E-state index contributed by atoms with van der Waals surface area (Å²) < 4.78 is -0.350. The lowest BCUT2D eigenvalue weighted by molar-refractivity contribution is -0.118. The smallest absolute Gasteiger partial charge is 0.240 e. The average molecular weight is 278 g/mol. The maximum atomic E-state index is 12.4. The number of carbonyl (C=O) groups excluding carboxylic acids is 1. The van der Waals surface area contributed by atoms with Gasteiger partial charge in [0.25, 0.3) is 0 Å². The van der Waals surface area contributed by atoms with Crippen LogP contribution in [-0.4, -0.2) is 27.3 Å². The molecule has 4 nitrogen and oxygen atoms in total. The lowest BCUT2D eigenvalue weighted by Crippen LogP contribution is -2.35. The number of nitrogens with one attached hydrogen (secondary N) is 1. The molecular weight excluding hydrogens is 260 g/mol. The minimum atomic E-state index is -0.350. The number of hydrogen-bond donors (Lipinski definition) is 2. The fraction of sp³-hybridized carbons (Fsp3) is 0.429. The molecule has 1 atom stereocenters. The lowest BCUT2D eigenvalue weighted by Gasteiger charge is -2.22. The van der Waals surface area contributed by atoms with Crippen molar-refractivity contribution >= 4 is 29.1 Å². The zero-order valence-electron chi connectivity index (χ0n) is 11.1. The molecule has 1 saturated heterocycles. The Balaban J connectivity index is 2.22. The van der Waals surface area contributed by atoms with E-state index < -0.39 is 0 Å². The van der Waals surface area contributed by atoms with Crippen LogP contribution in [0.1, 0.15) is 32.3 Å². The van der Waals surface area contributed by atoms with Gasteiger partial charge in [-0.3, -0.25) is 4.79 Å². The largest absolute Gasteiger partial charge is 0.411 e. The van der Waals surface area contributed by atoms with Crippen molar-refractivity contribution in [3.05, 3.63) is 29.8 Å². The van der Waals surface area contributed by atoms with E-state index in [2.05, 4.69) is 10.5 Å². The molecule has 1 fully saturated rings. The molecule has 1 aliphatic heterocycles. The number of oxime groups is 1. The molecule has 19 heavy (non-hydrogen) atoms. The molecule has 2 rings (SSSR count). The van der Waals surface area contributed by atoms with E-state index >= 15 is 0 Å². The fourth-order valence-corrected chi connectivity index (χ4v) is 3.38. The first-order valence-corrected chi connectivity index (χ1v) is 7.29. The van der Waals surface area contributed by atoms with Gasteiger partial charge in [0.05, 0.1) is 10.5 Å². The van der Waals surface area contributed by atoms with Crippen LogP contribution in [0.4, 0.5) is 5.69 Å². The topological polar surface area (TPSA) is 61.7 Å². The van der Waals surface area contributed by atoms with E-state index in [0.717, 1.165) is 24.2 Å². The van der Waals surface area contributed by atoms with Gasteiger partial charge in [0, 0.05) is 11.3 Å². The maximum absolute atomic E-state index is 12.4. The Morgan fingerprint density at radius 1 is 1.47 bits per heavy atom. The summed E-state index contributed by atoms with van der Waals surface area (Å²) in [7, 11) is 0. The van der Waals surface area contributed by atoms with E-state index in [4.69, 9.17) is 5.21 Å². The zero-order valence-corrected chi connectivity index (χ0v) is 12.0. The number of thioether (sulfide) groups is 1. The van der Waals surface area contributed by atoms with Crippen molar-refractivity contribution in [3.63, 3.8) is 0 Å². The summed E-state index contributed by atoms with van der Waals surface area (Å²) in [6, 6.07) is 7.36. The van der Waals surface area contributed by atoms with E-state index in [1.165, 1.54) is 0 Å². The zero-order chi connectivity index (χ0) is 13.9. The molecular formula is C14H18N2O2S. The Kier molecular flexibility index (Phi) is 4.14. The first kappa shape index (κ1) is 13.9. The van der Waals surface area contributed by atoms with Gasteiger partial charge in [-0.2, -0.15) is 0 Å². The highest BCUT2D eigenvalue weighted by Crippen LogP contribution is 2.38. The minimum Gasteiger partial charge on any atom is -0.411 e. The quantitative estimate of drug-likeness (QED) is 0.507. The monoisotopic (exact) mass is 278 g/mol. The number of para-hydroxylation sites is 1. The van der Waals surface area contributed by atoms with Gasteiger partial charge >= 0.3 is 0 Å². The van der Waals surface area contributed by atoms with Crippen LogP contribution in [0, 0.1) is 0 Å². The van der Waals surface area contributed by atoms with E-state index in [1.54, 1.807) is 18.7 Å². The number of anilines is 1. The Bertz CT molecular complexity index is 508. The molecule has 1 aliphatic rings. The third-order valence-electron chi connectivity index (χ3n) is 3.41. The van der Waals surface area contributed by atoms with Crippen molar-refractivity contribution in [3.8, 4) is 0 Å². The Morgan fingerprint density at radius 3 is 2.84 bits per heavy atom. The highest BCUT2D eigenvalue weighted by atomic mass is 32.2. The van der Waals surface area contributed by atoms with Crippen LogP contribution < -0.4 is 5.32 Å². The maximum Gasteiger partial charge on any atom is 0.240 e. The molecule has 1 heterocycles. The lowest BCUT2D eigenvalue weighted by atomic mass is 10.0. The van der Waals surface area contributed by atoms with Crippen LogP contribution in [0.2, 0.25) is 0 Å². The van der Waals surface area contributed by atoms with Crippen LogP contribution >= 0.6 is 11.8 Å². The predicted octanol–water partition coefficient (Wildman–Crippen LogP) is 3.11. The number of rotatable bonds is 3. The molecule has 102 valence electrons. The van der Waals surface area contributed by atoms with Gasteiger partial charge < -0.3 is 10.5 Å². The SMILES string of the molecule is C/C(=N/O)c1ccccc1NC(=O)C1(C)CCCS1. The summed E-state index contributed by atoms with van der Waals surface area (Å²) in [6.07, 6.45) is 1.98. The highest BCUT2D eigenvalue weighted by Gasteiger charge is 2.37. The number of benzene rings is 1. The number of amides is 1. The normalized spacial score (nSPS) is 23.4. The van der Waals surface area contributed by atoms with Crippen LogP contribution in [0.15, 0.2) is 29.4 Å². The molecule has 1 aromatic carbocycles. The standard InChI is InChI=1S/C14H18N2O2S/c1-10(16-18)11-6-3-4-7-12(11)15-13(17)14(2)8-5-9-19-14/h3-4,6-7,18H,5,8-9H2,1-2H3,(H,15,17)/b16-10-. The van der Waals surface area contributed by atoms with Crippen molar-refractivity contribution in [2.45, 2.75) is 31.4 Å². The van der Waals surface area contributed by atoms with Gasteiger partial charge in [-0.05, 0) is 38.5 Å². The van der Waals surface area contributed by atoms with Gasteiger partial charge in [-0.15, -0.1) is 11.8 Å². The summed E-state index contributed by atoms with van der Waals surface area (Å²) in [4.78, 5) is 12.4. The summed E-state index contributed by atoms with van der Waals surface area (Å²) in [5, 5.41) is 15.0. The van der Waals surface area contributed by atoms with Gasteiger partial charge in [0.1, 0.15) is 0 Å². The fourth-order valence-electron chi connectivity index (χ4n) is 2.17. The summed E-state index contributed by atoms with van der Waals surface area (Å²) in [5.41, 5.74) is 1.92. The van der Waals surface area contributed by atoms with E-state index in [1.807, 2.05) is 31.2 Å². The molecule has 1 amide bonds. The molecule has 1 aromatic rings. The second kappa shape index (κ2) is 5.65. The van der Waals surface area contributed by atoms with Gasteiger partial charge in [-0.25, -0.2) is 0 Å². The molecule has 5 heteroatoms. The van der Waals surface area contributed by atoms with E-state index in [-0.39, 0.29) is 10.7 Å². The van der Waals surface area contributed by atoms with Gasteiger partial charge in [0.15, 0.2) is 0 Å². The molecule has 0 saturated carbocycles. The third kappa shape index (κ3) is 2.92. The summed E-state index contributed by atoms with van der Waals surface area (Å²) >= 11 is 1.70. The van der Waals surface area contributed by atoms with Crippen LogP contribution in [0.5, 0.6) is 0 Å². The van der Waals surface area contributed by atoms with Gasteiger partial charge in [0.2, 0.25) is 5.91 Å². The van der Waals surface area contributed by atoms with Crippen molar-refractivity contribution in [1.29, 1.82) is 0 Å². The molecule has 0 aliphatic carbocycles. The second-order valence-corrected chi connectivity index (χ2v) is 6.47. The summed E-state index contributed by atoms with van der Waals surface area (Å²) in [6.45, 7) is 3.69. The minimum absolute atomic E-state index is 0.0215. The highest BCUT2D eigenvalue weighted by molar-refractivity contribution is 8.01.